The molecule has 0 bridgehead atoms. The zero-order valence-corrected chi connectivity index (χ0v) is 20.3. The third-order valence-corrected chi connectivity index (χ3v) is 8.38. The summed E-state index contributed by atoms with van der Waals surface area (Å²) in [6, 6.07) is 12.3. The lowest BCUT2D eigenvalue weighted by Gasteiger charge is -2.13. The monoisotopic (exact) mass is 539 g/mol. The summed E-state index contributed by atoms with van der Waals surface area (Å²) in [5.74, 6) is 0.285. The topological polar surface area (TPSA) is 127 Å². The number of carbonyl (C=O) groups excluding carboxylic acids is 1. The van der Waals surface area contributed by atoms with E-state index in [0.29, 0.717) is 33.5 Å². The second-order valence-electron chi connectivity index (χ2n) is 6.89. The van der Waals surface area contributed by atoms with Crippen LogP contribution in [0.2, 0.25) is 9.36 Å². The highest BCUT2D eigenvalue weighted by molar-refractivity contribution is 7.92. The van der Waals surface area contributed by atoms with Crippen molar-refractivity contribution in [2.45, 2.75) is 4.21 Å². The number of rotatable bonds is 5. The lowest BCUT2D eigenvalue weighted by atomic mass is 10.1. The van der Waals surface area contributed by atoms with Crippen molar-refractivity contribution in [1.82, 2.24) is 9.29 Å². The number of carbonyl (C=O) groups is 1. The van der Waals surface area contributed by atoms with Gasteiger partial charge in [-0.2, -0.15) is 0 Å². The molecule has 2 heterocycles. The average Bonchev–Trinajstić information content (AvgIpc) is 3.13. The highest BCUT2D eigenvalue weighted by Gasteiger charge is 2.22. The molecule has 2 aromatic heterocycles. The van der Waals surface area contributed by atoms with E-state index in [2.05, 4.69) is 5.32 Å². The molecular formula is C21H15Cl2N3O6S2. The number of pyridine rings is 1. The Balaban J connectivity index is 1.55. The number of amides is 2. The molecule has 0 aliphatic heterocycles. The fraction of sp³-hybridized carbons (Fsp3) is 0.0476. The Labute approximate surface area is 207 Å². The van der Waals surface area contributed by atoms with Crippen molar-refractivity contribution in [3.05, 3.63) is 74.3 Å². The van der Waals surface area contributed by atoms with E-state index in [1.807, 2.05) is 4.72 Å². The van der Waals surface area contributed by atoms with Gasteiger partial charge in [0.2, 0.25) is 5.88 Å². The first-order valence-electron chi connectivity index (χ1n) is 9.41. The molecule has 0 saturated heterocycles. The number of aromatic nitrogens is 1. The number of anilines is 1. The maximum atomic E-state index is 12.6. The summed E-state index contributed by atoms with van der Waals surface area (Å²) in [4.78, 5) is 24.8. The number of hydrogen-bond donors (Lipinski definition) is 3. The first kappa shape index (κ1) is 23.9. The SMILES string of the molecule is COc1ccc2c(O)n(-c3ccc(NC(=O)NS(=O)(=O)c4cc(Cl)c(Cl)s4)cc3)c(=O)cc2c1. The second-order valence-corrected chi connectivity index (χ2v) is 10.9. The Morgan fingerprint density at radius 3 is 2.41 bits per heavy atom. The molecule has 3 N–H and O–H groups in total. The van der Waals surface area contributed by atoms with Gasteiger partial charge in [-0.3, -0.25) is 4.79 Å². The first-order chi connectivity index (χ1) is 16.1. The molecule has 0 aliphatic rings. The van der Waals surface area contributed by atoms with Crippen molar-refractivity contribution in [3.8, 4) is 17.3 Å². The molecule has 0 unspecified atom stereocenters. The van der Waals surface area contributed by atoms with Crippen LogP contribution in [0, 0.1) is 0 Å². The summed E-state index contributed by atoms with van der Waals surface area (Å²) in [6.07, 6.45) is 0. The van der Waals surface area contributed by atoms with E-state index in [0.717, 1.165) is 10.6 Å². The third-order valence-electron chi connectivity index (χ3n) is 4.71. The number of sulfonamides is 1. The number of hydrogen-bond acceptors (Lipinski definition) is 7. The van der Waals surface area contributed by atoms with E-state index in [9.17, 15) is 23.1 Å². The molecule has 34 heavy (non-hydrogen) atoms. The molecule has 176 valence electrons. The summed E-state index contributed by atoms with van der Waals surface area (Å²) in [7, 11) is -2.67. The highest BCUT2D eigenvalue weighted by Crippen LogP contribution is 2.34. The molecule has 4 aromatic rings. The molecule has 0 saturated carbocycles. The number of nitrogens with zero attached hydrogens (tertiary/aromatic N) is 1. The Morgan fingerprint density at radius 1 is 1.09 bits per heavy atom. The number of halogens is 2. The standard InChI is InChI=1S/C21H15Cl2N3O6S2/c1-32-14-6-7-15-11(8-14)9-17(27)26(20(15)28)13-4-2-12(3-5-13)24-21(29)25-34(30,31)18-10-16(22)19(23)33-18/h2-10,28H,1H3,(H2,24,25,29). The summed E-state index contributed by atoms with van der Waals surface area (Å²) < 4.78 is 32.6. The van der Waals surface area contributed by atoms with Crippen molar-refractivity contribution in [1.29, 1.82) is 0 Å². The number of aromatic hydroxyl groups is 1. The van der Waals surface area contributed by atoms with Crippen molar-refractivity contribution in [2.24, 2.45) is 0 Å². The summed E-state index contributed by atoms with van der Waals surface area (Å²) in [5, 5.41) is 14.1. The van der Waals surface area contributed by atoms with E-state index in [4.69, 9.17) is 27.9 Å². The van der Waals surface area contributed by atoms with E-state index in [-0.39, 0.29) is 25.1 Å². The second kappa shape index (κ2) is 9.18. The molecule has 0 atom stereocenters. The molecule has 0 radical (unpaired) electrons. The van der Waals surface area contributed by atoms with Gasteiger partial charge in [0, 0.05) is 17.1 Å². The minimum absolute atomic E-state index is 0.0642. The summed E-state index contributed by atoms with van der Waals surface area (Å²) in [5.41, 5.74) is 0.106. The zero-order valence-electron chi connectivity index (χ0n) is 17.2. The lowest BCUT2D eigenvalue weighted by molar-refractivity contribution is 0.256. The number of urea groups is 1. The molecule has 0 fully saturated rings. The minimum atomic E-state index is -4.17. The number of benzene rings is 2. The molecule has 9 nitrogen and oxygen atoms in total. The maximum absolute atomic E-state index is 12.6. The molecule has 0 aliphatic carbocycles. The van der Waals surface area contributed by atoms with Crippen molar-refractivity contribution < 1.29 is 23.1 Å². The Bertz CT molecular complexity index is 1560. The average molecular weight is 540 g/mol. The van der Waals surface area contributed by atoms with Crippen LogP contribution in [0.5, 0.6) is 11.6 Å². The van der Waals surface area contributed by atoms with Gasteiger partial charge in [0.25, 0.3) is 15.6 Å². The Hall–Kier alpha value is -3.25. The minimum Gasteiger partial charge on any atom is -0.497 e. The van der Waals surface area contributed by atoms with Gasteiger partial charge >= 0.3 is 6.03 Å². The maximum Gasteiger partial charge on any atom is 0.333 e. The molecule has 2 amide bonds. The van der Waals surface area contributed by atoms with Gasteiger partial charge in [-0.25, -0.2) is 22.5 Å². The molecule has 4 rings (SSSR count). The van der Waals surface area contributed by atoms with Gasteiger partial charge in [-0.15, -0.1) is 11.3 Å². The molecular weight excluding hydrogens is 525 g/mol. The van der Waals surface area contributed by atoms with Crippen LogP contribution < -0.4 is 20.3 Å². The van der Waals surface area contributed by atoms with Gasteiger partial charge in [0.15, 0.2) is 0 Å². The number of ether oxygens (including phenoxy) is 1. The zero-order chi connectivity index (χ0) is 24.6. The molecule has 0 spiro atoms. The van der Waals surface area contributed by atoms with Gasteiger partial charge in [-0.05, 0) is 53.9 Å². The molecule has 13 heteroatoms. The van der Waals surface area contributed by atoms with E-state index in [1.54, 1.807) is 18.2 Å². The normalized spacial score (nSPS) is 11.4. The van der Waals surface area contributed by atoms with Gasteiger partial charge in [0.05, 0.1) is 17.8 Å². The van der Waals surface area contributed by atoms with E-state index >= 15 is 0 Å². The first-order valence-corrected chi connectivity index (χ1v) is 12.5. The van der Waals surface area contributed by atoms with Crippen molar-refractivity contribution in [3.63, 3.8) is 0 Å². The predicted molar refractivity (Wildman–Crippen MR) is 131 cm³/mol. The van der Waals surface area contributed by atoms with Gasteiger partial charge < -0.3 is 15.2 Å². The van der Waals surface area contributed by atoms with Crippen LogP contribution in [0.25, 0.3) is 16.5 Å². The van der Waals surface area contributed by atoms with Crippen molar-refractivity contribution >= 4 is 67.1 Å². The number of nitrogens with one attached hydrogen (secondary N) is 2. The summed E-state index contributed by atoms with van der Waals surface area (Å²) >= 11 is 12.3. The van der Waals surface area contributed by atoms with Crippen LogP contribution in [0.15, 0.2) is 63.6 Å². The van der Waals surface area contributed by atoms with E-state index < -0.39 is 21.6 Å². The van der Waals surface area contributed by atoms with Gasteiger partial charge in [0.1, 0.15) is 14.3 Å². The lowest BCUT2D eigenvalue weighted by Crippen LogP contribution is -2.33. The Kier molecular flexibility index (Phi) is 6.45. The number of methoxy groups -OCH3 is 1. The van der Waals surface area contributed by atoms with Crippen LogP contribution in [0.4, 0.5) is 10.5 Å². The smallest absolute Gasteiger partial charge is 0.333 e. The third kappa shape index (κ3) is 4.68. The number of fused-ring (bicyclic) bond motifs is 1. The highest BCUT2D eigenvalue weighted by atomic mass is 35.5. The number of thiophene rings is 1. The van der Waals surface area contributed by atoms with Crippen LogP contribution in [0.3, 0.4) is 0 Å². The van der Waals surface area contributed by atoms with Crippen LogP contribution >= 0.6 is 34.5 Å². The predicted octanol–water partition coefficient (Wildman–Crippen LogP) is 4.58. The molecule has 2 aromatic carbocycles. The summed E-state index contributed by atoms with van der Waals surface area (Å²) in [6.45, 7) is 0. The quantitative estimate of drug-likeness (QED) is 0.340. The largest absolute Gasteiger partial charge is 0.497 e. The van der Waals surface area contributed by atoms with Crippen LogP contribution in [-0.4, -0.2) is 31.2 Å². The Morgan fingerprint density at radius 2 is 1.79 bits per heavy atom. The fourth-order valence-corrected chi connectivity index (χ4v) is 5.93. The van der Waals surface area contributed by atoms with E-state index in [1.165, 1.54) is 37.4 Å². The van der Waals surface area contributed by atoms with Gasteiger partial charge in [-0.1, -0.05) is 23.2 Å². The van der Waals surface area contributed by atoms with Crippen molar-refractivity contribution in [2.75, 3.05) is 12.4 Å². The van der Waals surface area contributed by atoms with Crippen LogP contribution in [-0.2, 0) is 10.0 Å². The fourth-order valence-electron chi connectivity index (χ4n) is 3.14. The van der Waals surface area contributed by atoms with Crippen LogP contribution in [0.1, 0.15) is 0 Å².